The van der Waals surface area contributed by atoms with Crippen LogP contribution in [0.1, 0.15) is 26.2 Å². The zero-order chi connectivity index (χ0) is 16.1. The fourth-order valence-corrected chi connectivity index (χ4v) is 5.99. The van der Waals surface area contributed by atoms with E-state index in [0.29, 0.717) is 6.42 Å². The summed E-state index contributed by atoms with van der Waals surface area (Å²) < 4.78 is 41.9. The number of hydrogen-bond donors (Lipinski definition) is 4. The minimum absolute atomic E-state index is 0. The molecule has 1 unspecified atom stereocenters. The molecule has 0 aliphatic carbocycles. The summed E-state index contributed by atoms with van der Waals surface area (Å²) in [5.74, 6) is 0.933. The van der Waals surface area contributed by atoms with Crippen LogP contribution in [-0.4, -0.2) is 188 Å². The molecule has 1 atom stereocenters. The molecule has 0 saturated carbocycles. The molecule has 128 valence electrons. The maximum absolute atomic E-state index is 11.1. The van der Waals surface area contributed by atoms with Gasteiger partial charge < -0.3 is 9.79 Å². The third-order valence-corrected chi connectivity index (χ3v) is 8.49. The fourth-order valence-electron chi connectivity index (χ4n) is 1.96. The zero-order valence-corrected chi connectivity index (χ0v) is 14.3. The Morgan fingerprint density at radius 3 is 2.12 bits per heavy atom. The van der Waals surface area contributed by atoms with Gasteiger partial charge in [0.1, 0.15) is 0 Å². The molecule has 1 aliphatic heterocycles. The molecule has 1 heterocycles. The van der Waals surface area contributed by atoms with Crippen LogP contribution in [0, 0.1) is 0 Å². The molecular weight excluding hydrogens is 453 g/mol. The number of hydrogen-bond acceptors (Lipinski definition) is 3. The summed E-state index contributed by atoms with van der Waals surface area (Å²) in [4.78, 5) is 15.9. The topological polar surface area (TPSA) is 112 Å². The molecule has 24 heavy (non-hydrogen) atoms. The van der Waals surface area contributed by atoms with Gasteiger partial charge in [0.15, 0.2) is 4.99 Å². The summed E-state index contributed by atoms with van der Waals surface area (Å²) in [6, 6.07) is 0. The van der Waals surface area contributed by atoms with Crippen LogP contribution >= 0.6 is 18.5 Å². The van der Waals surface area contributed by atoms with Gasteiger partial charge in [0.2, 0.25) is 0 Å². The van der Waals surface area contributed by atoms with Crippen molar-refractivity contribution in [1.29, 1.82) is 0 Å². The number of rotatable bonds is 8. The molecule has 1 rings (SSSR count). The van der Waals surface area contributed by atoms with Gasteiger partial charge in [0.05, 0.1) is 0 Å². The average molecular weight is 477 g/mol. The van der Waals surface area contributed by atoms with Crippen LogP contribution in [0.15, 0.2) is 34.6 Å². The molecule has 0 aromatic heterocycles. The maximum atomic E-state index is 11.1. The van der Waals surface area contributed by atoms with E-state index in [9.17, 15) is 13.0 Å². The van der Waals surface area contributed by atoms with E-state index in [0.717, 1.165) is 11.3 Å². The molecule has 0 fully saturated rings. The number of thiol groups is 1. The van der Waals surface area contributed by atoms with Crippen LogP contribution in [0.3, 0.4) is 0 Å². The first kappa shape index (κ1) is 33.2. The Balaban J connectivity index is -0.00000147. The van der Waals surface area contributed by atoms with Gasteiger partial charge in [-0.25, -0.2) is 10.9 Å². The zero-order valence-electron chi connectivity index (χ0n) is 11.7. The van der Waals surface area contributed by atoms with E-state index in [-0.39, 0.29) is 178 Å². The summed E-state index contributed by atoms with van der Waals surface area (Å²) in [6.45, 7) is 1.98. The van der Waals surface area contributed by atoms with Crippen molar-refractivity contribution in [1.82, 2.24) is 0 Å². The van der Waals surface area contributed by atoms with E-state index >= 15 is 0 Å². The van der Waals surface area contributed by atoms with E-state index in [1.165, 1.54) is 0 Å². The molecule has 0 saturated heterocycles. The molecule has 3 N–H and O–H groups in total. The van der Waals surface area contributed by atoms with Crippen LogP contribution in [0.2, 0.25) is 0 Å². The van der Waals surface area contributed by atoms with Gasteiger partial charge in [-0.3, -0.25) is 9.12 Å². The first-order chi connectivity index (χ1) is 9.60. The Kier molecular flexibility index (Phi) is 22.5. The second kappa shape index (κ2) is 16.3. The third kappa shape index (κ3) is 14.5. The molecule has 1 aliphatic rings. The van der Waals surface area contributed by atoms with Gasteiger partial charge in [0, 0.05) is 5.75 Å². The summed E-state index contributed by atoms with van der Waals surface area (Å²) in [5, 5.41) is 4.30. The van der Waals surface area contributed by atoms with Gasteiger partial charge >= 0.3 is 162 Å². The van der Waals surface area contributed by atoms with Crippen molar-refractivity contribution in [2.24, 2.45) is 0 Å². The summed E-state index contributed by atoms with van der Waals surface area (Å²) in [7, 11) is -9.84. The molecule has 0 bridgehead atoms. The molecule has 0 amide bonds. The Morgan fingerprint density at radius 1 is 1.21 bits per heavy atom. The molecule has 6 nitrogen and oxygen atoms in total. The van der Waals surface area contributed by atoms with Crippen molar-refractivity contribution < 1.29 is 27.3 Å². The minimum atomic E-state index is -4.86. The fraction of sp³-hybridized carbons (Fsp3) is 0.500. The van der Waals surface area contributed by atoms with Crippen molar-refractivity contribution in [3.8, 4) is 0 Å². The molecule has 0 aromatic rings. The number of unbranched alkanes of at least 4 members (excludes halogenated alkanes) is 1. The second-order valence-electron chi connectivity index (χ2n) is 4.90. The third-order valence-electron chi connectivity index (χ3n) is 2.97. The molecule has 0 aromatic carbocycles. The Hall–Kier alpha value is 4.54. The van der Waals surface area contributed by atoms with Crippen LogP contribution in [0.5, 0.6) is 0 Å². The van der Waals surface area contributed by atoms with Crippen LogP contribution in [-0.2, 0) is 14.7 Å². The van der Waals surface area contributed by atoms with E-state index in [1.807, 2.05) is 25.2 Å². The van der Waals surface area contributed by atoms with Crippen LogP contribution in [0.4, 0.5) is 0 Å². The predicted molar refractivity (Wildman–Crippen MR) is 109 cm³/mol. The quantitative estimate of drug-likeness (QED) is 0.102. The van der Waals surface area contributed by atoms with E-state index in [1.54, 1.807) is 0 Å². The van der Waals surface area contributed by atoms with Crippen LogP contribution in [0.25, 0.3) is 0 Å². The monoisotopic (exact) mass is 476 g/mol. The van der Waals surface area contributed by atoms with Crippen molar-refractivity contribution in [3.63, 3.8) is 0 Å². The predicted octanol–water partition coefficient (Wildman–Crippen LogP) is 0.591. The van der Waals surface area contributed by atoms with Gasteiger partial charge in [0.25, 0.3) is 10.1 Å². The van der Waals surface area contributed by atoms with E-state index < -0.39 is 22.7 Å². The van der Waals surface area contributed by atoms with Gasteiger partial charge in [-0.05, 0) is 37.0 Å². The Morgan fingerprint density at radius 2 is 1.71 bits per heavy atom. The molecule has 0 radical (unpaired) electrons. The van der Waals surface area contributed by atoms with Gasteiger partial charge in [-0.2, -0.15) is 8.42 Å². The molecular formula is C12H24K3O6PS2. The Bertz CT molecular complexity index is 588. The molecule has 12 heteroatoms. The van der Waals surface area contributed by atoms with Gasteiger partial charge in [-0.1, -0.05) is 23.8 Å². The second-order valence-corrected chi connectivity index (χ2v) is 10.6. The first-order valence-corrected chi connectivity index (χ1v) is 11.2. The molecule has 0 spiro atoms. The van der Waals surface area contributed by atoms with Crippen molar-refractivity contribution in [3.05, 3.63) is 34.6 Å². The average Bonchev–Trinajstić information content (AvgIpc) is 2.77. The SMILES string of the molecule is C/C(=C\CCCC(P(=O)(O)O)S(=O)(=O)O)C[SH]1C=CC=C1.[KH].[KH].[KH]. The van der Waals surface area contributed by atoms with E-state index in [2.05, 4.69) is 10.8 Å². The van der Waals surface area contributed by atoms with Crippen molar-refractivity contribution in [2.45, 2.75) is 31.2 Å². The van der Waals surface area contributed by atoms with Crippen molar-refractivity contribution in [2.75, 3.05) is 5.75 Å². The summed E-state index contributed by atoms with van der Waals surface area (Å²) >= 11 is 0. The normalized spacial score (nSPS) is 16.8. The standard InChI is InChI=1S/C12H21O6PS2.3K.3H/c1-11(10-20-8-4-5-9-20)6-2-3-7-12(19(13,14)15)21(16,17)18;;;;;;/h4-6,8-9,12,20H,2-3,7,10H2,1H3,(H2,13,14,15)(H,16,17,18);;;;;;/b11-6+;;;;;;. The first-order valence-electron chi connectivity index (χ1n) is 6.38. The summed E-state index contributed by atoms with van der Waals surface area (Å²) in [6.07, 6.45) is 6.51. The number of allylic oxidation sites excluding steroid dienone is 3. The van der Waals surface area contributed by atoms with Crippen molar-refractivity contribution >= 4 is 183 Å². The van der Waals surface area contributed by atoms with E-state index in [4.69, 9.17) is 14.3 Å². The van der Waals surface area contributed by atoms with Crippen LogP contribution < -0.4 is 0 Å². The Labute approximate surface area is 274 Å². The van der Waals surface area contributed by atoms with Gasteiger partial charge in [-0.15, -0.1) is 0 Å². The summed E-state index contributed by atoms with van der Waals surface area (Å²) in [5.41, 5.74) is 1.16.